The van der Waals surface area contributed by atoms with Gasteiger partial charge in [-0.05, 0) is 12.1 Å². The molecule has 0 spiro atoms. The highest BCUT2D eigenvalue weighted by molar-refractivity contribution is 5.99. The minimum atomic E-state index is -0.288. The summed E-state index contributed by atoms with van der Waals surface area (Å²) >= 11 is 0. The highest BCUT2D eigenvalue weighted by atomic mass is 16.3. The van der Waals surface area contributed by atoms with E-state index in [2.05, 4.69) is 15.2 Å². The molecule has 0 aliphatic carbocycles. The molecule has 27 heavy (non-hydrogen) atoms. The van der Waals surface area contributed by atoms with Crippen molar-refractivity contribution >= 4 is 28.7 Å². The minimum Gasteiger partial charge on any atom is -0.463 e. The van der Waals surface area contributed by atoms with Gasteiger partial charge >= 0.3 is 0 Å². The summed E-state index contributed by atoms with van der Waals surface area (Å²) in [6.45, 7) is 2.66. The topological polar surface area (TPSA) is 83.6 Å². The van der Waals surface area contributed by atoms with E-state index in [1.54, 1.807) is 41.1 Å². The smallest absolute Gasteiger partial charge is 0.268 e. The van der Waals surface area contributed by atoms with Crippen LogP contribution in [0.15, 0.2) is 47.2 Å². The molecule has 8 heteroatoms. The Balaban J connectivity index is 1.30. The van der Waals surface area contributed by atoms with Gasteiger partial charge in [-0.15, -0.1) is 0 Å². The second-order valence-electron chi connectivity index (χ2n) is 6.50. The highest BCUT2D eigenvalue weighted by Crippen LogP contribution is 2.19. The monoisotopic (exact) mass is 367 g/mol. The molecule has 0 atom stereocenters. The molecule has 2 amide bonds. The summed E-state index contributed by atoms with van der Waals surface area (Å²) < 4.78 is 7.07. The van der Waals surface area contributed by atoms with E-state index in [0.29, 0.717) is 24.4 Å². The van der Waals surface area contributed by atoms with Crippen LogP contribution in [-0.4, -0.2) is 59.0 Å². The van der Waals surface area contributed by atoms with Gasteiger partial charge in [0.1, 0.15) is 11.5 Å². The Kier molecular flexibility index (Phi) is 4.53. The molecule has 0 saturated carbocycles. The van der Waals surface area contributed by atoms with E-state index in [1.807, 2.05) is 18.2 Å². The van der Waals surface area contributed by atoms with Gasteiger partial charge in [0.2, 0.25) is 5.91 Å². The van der Waals surface area contributed by atoms with Crippen molar-refractivity contribution < 1.29 is 14.0 Å². The maximum atomic E-state index is 12.4. The molecule has 3 aromatic rings. The number of piperazine rings is 1. The van der Waals surface area contributed by atoms with Gasteiger partial charge in [-0.3, -0.25) is 9.59 Å². The Bertz CT molecular complexity index is 954. The SMILES string of the molecule is Cn1c(C(=O)NCC(=O)N2CCN(c3ccccn3)CC2)cc2occc21. The molecule has 0 bridgehead atoms. The van der Waals surface area contributed by atoms with Gasteiger partial charge in [-0.25, -0.2) is 4.98 Å². The zero-order valence-electron chi connectivity index (χ0n) is 15.1. The van der Waals surface area contributed by atoms with Gasteiger partial charge in [0.25, 0.3) is 5.91 Å². The summed E-state index contributed by atoms with van der Waals surface area (Å²) in [5.74, 6) is 0.553. The summed E-state index contributed by atoms with van der Waals surface area (Å²) in [6.07, 6.45) is 3.35. The van der Waals surface area contributed by atoms with Crippen molar-refractivity contribution in [2.75, 3.05) is 37.6 Å². The largest absolute Gasteiger partial charge is 0.463 e. The first-order chi connectivity index (χ1) is 13.1. The second-order valence-corrected chi connectivity index (χ2v) is 6.50. The first-order valence-electron chi connectivity index (χ1n) is 8.88. The van der Waals surface area contributed by atoms with Crippen LogP contribution in [0.25, 0.3) is 11.1 Å². The van der Waals surface area contributed by atoms with Crippen LogP contribution in [0.1, 0.15) is 10.5 Å². The first kappa shape index (κ1) is 17.1. The zero-order valence-corrected chi connectivity index (χ0v) is 15.1. The van der Waals surface area contributed by atoms with E-state index in [0.717, 1.165) is 24.4 Å². The molecule has 1 aliphatic rings. The molecule has 1 fully saturated rings. The number of nitrogens with one attached hydrogen (secondary N) is 1. The fourth-order valence-corrected chi connectivity index (χ4v) is 3.35. The maximum Gasteiger partial charge on any atom is 0.268 e. The van der Waals surface area contributed by atoms with Gasteiger partial charge in [-0.2, -0.15) is 0 Å². The summed E-state index contributed by atoms with van der Waals surface area (Å²) in [5.41, 5.74) is 1.97. The number of aromatic nitrogens is 2. The Morgan fingerprint density at radius 1 is 1.19 bits per heavy atom. The average Bonchev–Trinajstić information content (AvgIpc) is 3.30. The first-order valence-corrected chi connectivity index (χ1v) is 8.88. The van der Waals surface area contributed by atoms with Crippen molar-refractivity contribution in [3.05, 3.63) is 48.5 Å². The van der Waals surface area contributed by atoms with Crippen LogP contribution >= 0.6 is 0 Å². The van der Waals surface area contributed by atoms with Crippen LogP contribution in [0, 0.1) is 0 Å². The van der Waals surface area contributed by atoms with Gasteiger partial charge < -0.3 is 24.1 Å². The van der Waals surface area contributed by atoms with E-state index in [4.69, 9.17) is 4.42 Å². The van der Waals surface area contributed by atoms with Crippen LogP contribution in [0.2, 0.25) is 0 Å². The van der Waals surface area contributed by atoms with Crippen molar-refractivity contribution in [1.82, 2.24) is 19.8 Å². The molecule has 1 N–H and O–H groups in total. The third-order valence-electron chi connectivity index (χ3n) is 4.90. The normalized spacial score (nSPS) is 14.6. The average molecular weight is 367 g/mol. The van der Waals surface area contributed by atoms with Crippen molar-refractivity contribution in [3.63, 3.8) is 0 Å². The molecule has 4 heterocycles. The molecule has 0 aromatic carbocycles. The van der Waals surface area contributed by atoms with Crippen molar-refractivity contribution in [3.8, 4) is 0 Å². The van der Waals surface area contributed by atoms with Gasteiger partial charge in [0.15, 0.2) is 5.58 Å². The van der Waals surface area contributed by atoms with Crippen LogP contribution in [0.4, 0.5) is 5.82 Å². The molecule has 1 aliphatic heterocycles. The number of anilines is 1. The van der Waals surface area contributed by atoms with E-state index in [1.165, 1.54) is 0 Å². The lowest BCUT2D eigenvalue weighted by Gasteiger charge is -2.35. The fraction of sp³-hybridized carbons (Fsp3) is 0.316. The Morgan fingerprint density at radius 2 is 2.00 bits per heavy atom. The van der Waals surface area contributed by atoms with Crippen LogP contribution in [0.3, 0.4) is 0 Å². The van der Waals surface area contributed by atoms with Crippen LogP contribution in [-0.2, 0) is 11.8 Å². The quantitative estimate of drug-likeness (QED) is 0.750. The number of aryl methyl sites for hydroxylation is 1. The summed E-state index contributed by atoms with van der Waals surface area (Å²) in [5, 5.41) is 2.71. The second kappa shape index (κ2) is 7.14. The van der Waals surface area contributed by atoms with Crippen LogP contribution < -0.4 is 10.2 Å². The Labute approximate surface area is 156 Å². The standard InChI is InChI=1S/C19H21N5O3/c1-22-14-5-11-27-16(14)12-15(22)19(26)21-13-18(25)24-9-7-23(8-10-24)17-4-2-3-6-20-17/h2-6,11-12H,7-10,13H2,1H3,(H,21,26). The predicted octanol–water partition coefficient (Wildman–Crippen LogP) is 1.24. The lowest BCUT2D eigenvalue weighted by atomic mass is 10.3. The zero-order chi connectivity index (χ0) is 18.8. The maximum absolute atomic E-state index is 12.4. The third-order valence-corrected chi connectivity index (χ3v) is 4.90. The van der Waals surface area contributed by atoms with Crippen molar-refractivity contribution in [1.29, 1.82) is 0 Å². The van der Waals surface area contributed by atoms with E-state index < -0.39 is 0 Å². The lowest BCUT2D eigenvalue weighted by Crippen LogP contribution is -2.51. The fourth-order valence-electron chi connectivity index (χ4n) is 3.35. The van der Waals surface area contributed by atoms with E-state index in [-0.39, 0.29) is 18.4 Å². The molecule has 3 aromatic heterocycles. The lowest BCUT2D eigenvalue weighted by molar-refractivity contribution is -0.130. The van der Waals surface area contributed by atoms with E-state index in [9.17, 15) is 9.59 Å². The number of fused-ring (bicyclic) bond motifs is 1. The molecule has 0 unspecified atom stereocenters. The highest BCUT2D eigenvalue weighted by Gasteiger charge is 2.23. The number of hydrogen-bond donors (Lipinski definition) is 1. The summed E-state index contributed by atoms with van der Waals surface area (Å²) in [6, 6.07) is 9.29. The number of nitrogens with zero attached hydrogens (tertiary/aromatic N) is 4. The van der Waals surface area contributed by atoms with Gasteiger partial charge in [0.05, 0.1) is 18.3 Å². The van der Waals surface area contributed by atoms with E-state index >= 15 is 0 Å². The Morgan fingerprint density at radius 3 is 2.70 bits per heavy atom. The molecular formula is C19H21N5O3. The van der Waals surface area contributed by atoms with Crippen molar-refractivity contribution in [2.24, 2.45) is 7.05 Å². The molecule has 8 nitrogen and oxygen atoms in total. The van der Waals surface area contributed by atoms with Gasteiger partial charge in [-0.1, -0.05) is 6.07 Å². The number of carbonyl (C=O) groups is 2. The number of hydrogen-bond acceptors (Lipinski definition) is 5. The molecule has 0 radical (unpaired) electrons. The number of furan rings is 1. The summed E-state index contributed by atoms with van der Waals surface area (Å²) in [7, 11) is 1.80. The third kappa shape index (κ3) is 3.38. The number of rotatable bonds is 4. The van der Waals surface area contributed by atoms with Gasteiger partial charge in [0, 0.05) is 51.6 Å². The molecular weight excluding hydrogens is 346 g/mol. The number of pyridine rings is 1. The summed E-state index contributed by atoms with van der Waals surface area (Å²) in [4.78, 5) is 33.1. The molecule has 4 rings (SSSR count). The van der Waals surface area contributed by atoms with Crippen molar-refractivity contribution in [2.45, 2.75) is 0 Å². The molecule has 1 saturated heterocycles. The Hall–Kier alpha value is -3.29. The minimum absolute atomic E-state index is 0.0189. The number of amides is 2. The number of carbonyl (C=O) groups excluding carboxylic acids is 2. The predicted molar refractivity (Wildman–Crippen MR) is 101 cm³/mol. The van der Waals surface area contributed by atoms with Crippen LogP contribution in [0.5, 0.6) is 0 Å². The molecule has 140 valence electrons.